The van der Waals surface area contributed by atoms with Crippen LogP contribution < -0.4 is 0 Å². The van der Waals surface area contributed by atoms with Gasteiger partial charge in [0.15, 0.2) is 11.6 Å². The fourth-order valence-electron chi connectivity index (χ4n) is 1.24. The van der Waals surface area contributed by atoms with Gasteiger partial charge in [0.1, 0.15) is 0 Å². The van der Waals surface area contributed by atoms with Gasteiger partial charge in [-0.2, -0.15) is 0 Å². The van der Waals surface area contributed by atoms with Crippen molar-refractivity contribution in [3.05, 3.63) is 47.5 Å². The Morgan fingerprint density at radius 3 is 1.50 bits per heavy atom. The molecule has 0 heterocycles. The zero-order chi connectivity index (χ0) is 10.6. The molecule has 0 aromatic heterocycles. The zero-order valence-corrected chi connectivity index (χ0v) is 7.18. The Kier molecular flexibility index (Phi) is 2.87. The molecule has 1 aliphatic carbocycles. The number of carbonyl (C=O) groups is 2. The highest BCUT2D eigenvalue weighted by molar-refractivity contribution is 6.21. The maximum absolute atomic E-state index is 11.2. The van der Waals surface area contributed by atoms with Gasteiger partial charge >= 0.3 is 0 Å². The summed E-state index contributed by atoms with van der Waals surface area (Å²) in [5, 5.41) is 12.0. The molecule has 0 bridgehead atoms. The molecule has 1 aromatic carbocycles. The van der Waals surface area contributed by atoms with Crippen LogP contribution >= 0.6 is 0 Å². The molecule has 0 fully saturated rings. The summed E-state index contributed by atoms with van der Waals surface area (Å²) in [5.41, 5.74) is 1.01. The van der Waals surface area contributed by atoms with Gasteiger partial charge < -0.3 is 0 Å². The molecule has 0 saturated heterocycles. The molecule has 14 heavy (non-hydrogen) atoms. The van der Waals surface area contributed by atoms with Gasteiger partial charge in [-0.25, -0.2) is 0 Å². The van der Waals surface area contributed by atoms with E-state index >= 15 is 0 Å². The number of hydrogen-bond acceptors (Lipinski definition) is 4. The predicted octanol–water partition coefficient (Wildman–Crippen LogP) is 1.65. The van der Waals surface area contributed by atoms with Crippen LogP contribution in [-0.4, -0.2) is 11.6 Å². The third-order valence-corrected chi connectivity index (χ3v) is 1.84. The molecule has 4 heteroatoms. The van der Waals surface area contributed by atoms with Gasteiger partial charge in [0, 0.05) is 21.9 Å². The molecule has 2 rings (SSSR count). The van der Waals surface area contributed by atoms with Crippen molar-refractivity contribution in [2.24, 2.45) is 0 Å². The van der Waals surface area contributed by atoms with E-state index in [1.165, 1.54) is 12.2 Å². The number of allylic oxidation sites excluding steroid dienone is 2. The Hall–Kier alpha value is -2.28. The molecular formula is C10H6N2O2. The first-order valence-electron chi connectivity index (χ1n) is 3.85. The topological polar surface area (TPSA) is 81.7 Å². The van der Waals surface area contributed by atoms with Gasteiger partial charge in [-0.1, -0.05) is 24.3 Å². The van der Waals surface area contributed by atoms with Crippen molar-refractivity contribution < 1.29 is 9.59 Å². The van der Waals surface area contributed by atoms with E-state index in [1.807, 2.05) is 0 Å². The Morgan fingerprint density at radius 2 is 1.14 bits per heavy atom. The summed E-state index contributed by atoms with van der Waals surface area (Å²) in [6.45, 7) is 0. The summed E-state index contributed by atoms with van der Waals surface area (Å²) in [4.78, 5) is 22.4. The first-order chi connectivity index (χ1) is 6.79. The van der Waals surface area contributed by atoms with E-state index in [0.717, 1.165) is 0 Å². The number of rotatable bonds is 0. The molecule has 4 nitrogen and oxygen atoms in total. The molecule has 1 aromatic rings. The second-order valence-electron chi connectivity index (χ2n) is 2.61. The maximum Gasteiger partial charge on any atom is 0.186 e. The summed E-state index contributed by atoms with van der Waals surface area (Å²) < 4.78 is 0. The van der Waals surface area contributed by atoms with Crippen LogP contribution in [0.2, 0.25) is 0 Å². The van der Waals surface area contributed by atoms with Crippen LogP contribution in [0, 0.1) is 10.8 Å². The summed E-state index contributed by atoms with van der Waals surface area (Å²) >= 11 is 0. The lowest BCUT2D eigenvalue weighted by molar-refractivity contribution is 0.0994. The highest BCUT2D eigenvalue weighted by atomic mass is 16.1. The molecule has 0 unspecified atom stereocenters. The summed E-state index contributed by atoms with van der Waals surface area (Å²) in [5.74, 6) is -0.185. The summed E-state index contributed by atoms with van der Waals surface area (Å²) in [7, 11) is 0. The SMILES string of the molecule is N#N.O=C1C=CC(=O)c2ccccc21. The number of nitrogens with zero attached hydrogens (tertiary/aromatic N) is 2. The maximum atomic E-state index is 11.2. The molecule has 1 aliphatic rings. The standard InChI is InChI=1S/C10H6O2.N2/c11-9-5-6-10(12)8-4-2-1-3-7(8)9;1-2/h1-6H;. The molecule has 0 aliphatic heterocycles. The molecule has 0 atom stereocenters. The predicted molar refractivity (Wildman–Crippen MR) is 47.7 cm³/mol. The molecule has 0 saturated carbocycles. The lowest BCUT2D eigenvalue weighted by Gasteiger charge is -2.06. The van der Waals surface area contributed by atoms with Crippen LogP contribution in [0.25, 0.3) is 0 Å². The zero-order valence-electron chi connectivity index (χ0n) is 7.18. The van der Waals surface area contributed by atoms with E-state index in [1.54, 1.807) is 24.3 Å². The molecule has 0 spiro atoms. The highest BCUT2D eigenvalue weighted by Crippen LogP contribution is 2.15. The molecule has 68 valence electrons. The van der Waals surface area contributed by atoms with E-state index in [9.17, 15) is 9.59 Å². The minimum atomic E-state index is -0.0924. The molecule has 0 N–H and O–H groups in total. The van der Waals surface area contributed by atoms with Gasteiger partial charge in [-0.15, -0.1) is 0 Å². The first-order valence-corrected chi connectivity index (χ1v) is 3.85. The number of hydrogen-bond donors (Lipinski definition) is 0. The van der Waals surface area contributed by atoms with Crippen molar-refractivity contribution in [1.29, 1.82) is 10.8 Å². The fraction of sp³-hybridized carbons (Fsp3) is 0. The second kappa shape index (κ2) is 4.10. The molecule has 0 radical (unpaired) electrons. The van der Waals surface area contributed by atoms with Crippen molar-refractivity contribution in [3.63, 3.8) is 0 Å². The average molecular weight is 186 g/mol. The third-order valence-electron chi connectivity index (χ3n) is 1.84. The van der Waals surface area contributed by atoms with Gasteiger partial charge in [0.2, 0.25) is 0 Å². The van der Waals surface area contributed by atoms with Crippen LogP contribution in [-0.2, 0) is 0 Å². The number of benzene rings is 1. The normalized spacial score (nSPS) is 12.7. The Bertz CT molecular complexity index is 396. The number of fused-ring (bicyclic) bond motifs is 1. The summed E-state index contributed by atoms with van der Waals surface area (Å²) in [6, 6.07) is 6.84. The lowest BCUT2D eigenvalue weighted by Crippen LogP contribution is -2.10. The van der Waals surface area contributed by atoms with E-state index in [-0.39, 0.29) is 11.6 Å². The lowest BCUT2D eigenvalue weighted by atomic mass is 9.95. The average Bonchev–Trinajstić information content (AvgIpc) is 2.27. The largest absolute Gasteiger partial charge is 0.289 e. The van der Waals surface area contributed by atoms with Gasteiger partial charge in [-0.05, 0) is 12.2 Å². The number of ketones is 2. The van der Waals surface area contributed by atoms with Crippen molar-refractivity contribution in [1.82, 2.24) is 0 Å². The van der Waals surface area contributed by atoms with Crippen molar-refractivity contribution in [3.8, 4) is 0 Å². The quantitative estimate of drug-likeness (QED) is 0.577. The molecule has 0 amide bonds. The minimum absolute atomic E-state index is 0.0924. The van der Waals surface area contributed by atoms with Crippen LogP contribution in [0.15, 0.2) is 36.4 Å². The van der Waals surface area contributed by atoms with Gasteiger partial charge in [0.25, 0.3) is 0 Å². The van der Waals surface area contributed by atoms with E-state index in [2.05, 4.69) is 0 Å². The minimum Gasteiger partial charge on any atom is -0.289 e. The van der Waals surface area contributed by atoms with Crippen molar-refractivity contribution in [2.45, 2.75) is 0 Å². The Morgan fingerprint density at radius 1 is 0.786 bits per heavy atom. The van der Waals surface area contributed by atoms with E-state index < -0.39 is 0 Å². The monoisotopic (exact) mass is 186 g/mol. The first kappa shape index (κ1) is 9.81. The van der Waals surface area contributed by atoms with E-state index in [4.69, 9.17) is 10.8 Å². The third kappa shape index (κ3) is 1.57. The number of carbonyl (C=O) groups excluding carboxylic acids is 2. The van der Waals surface area contributed by atoms with Crippen LogP contribution in [0.4, 0.5) is 0 Å². The van der Waals surface area contributed by atoms with Gasteiger partial charge in [-0.3, -0.25) is 9.59 Å². The van der Waals surface area contributed by atoms with E-state index in [0.29, 0.717) is 11.1 Å². The fourth-order valence-corrected chi connectivity index (χ4v) is 1.24. The van der Waals surface area contributed by atoms with Crippen LogP contribution in [0.3, 0.4) is 0 Å². The van der Waals surface area contributed by atoms with Crippen molar-refractivity contribution >= 4 is 11.6 Å². The smallest absolute Gasteiger partial charge is 0.186 e. The van der Waals surface area contributed by atoms with Gasteiger partial charge in [0.05, 0.1) is 0 Å². The molecular weight excluding hydrogens is 180 g/mol. The summed E-state index contributed by atoms with van der Waals surface area (Å²) in [6.07, 6.45) is 2.62. The van der Waals surface area contributed by atoms with Crippen LogP contribution in [0.5, 0.6) is 0 Å². The second-order valence-corrected chi connectivity index (χ2v) is 2.61. The Balaban J connectivity index is 0.000000461. The highest BCUT2D eigenvalue weighted by Gasteiger charge is 2.16. The van der Waals surface area contributed by atoms with Crippen molar-refractivity contribution in [2.75, 3.05) is 0 Å². The van der Waals surface area contributed by atoms with Crippen LogP contribution in [0.1, 0.15) is 20.7 Å². The Labute approximate surface area is 80.3 Å².